The molecule has 0 amide bonds. The highest BCUT2D eigenvalue weighted by Crippen LogP contribution is 2.61. The number of hydrogen-bond acceptors (Lipinski definition) is 3. The fourth-order valence-corrected chi connectivity index (χ4v) is 21.7. The van der Waals surface area contributed by atoms with Gasteiger partial charge in [-0.3, -0.25) is 0 Å². The van der Waals surface area contributed by atoms with Crippen LogP contribution >= 0.6 is 0 Å². The molecule has 0 aliphatic heterocycles. The van der Waals surface area contributed by atoms with Crippen molar-refractivity contribution < 1.29 is 0 Å². The molecule has 0 fully saturated rings. The zero-order chi connectivity index (χ0) is 87.3. The molecule has 0 heterocycles. The molecule has 3 heteroatoms. The topological polar surface area (TPSA) is 9.72 Å². The van der Waals surface area contributed by atoms with Crippen molar-refractivity contribution in [1.29, 1.82) is 0 Å². The molecule has 0 aromatic heterocycles. The number of aryl methyl sites for hydroxylation is 1. The fourth-order valence-electron chi connectivity index (χ4n) is 21.7. The molecule has 23 rings (SSSR count). The van der Waals surface area contributed by atoms with Crippen molar-refractivity contribution in [2.75, 3.05) is 14.7 Å². The Morgan fingerprint density at radius 1 is 0.171 bits per heavy atom. The summed E-state index contributed by atoms with van der Waals surface area (Å²) >= 11 is 0. The van der Waals surface area contributed by atoms with Gasteiger partial charge < -0.3 is 14.7 Å². The van der Waals surface area contributed by atoms with E-state index in [0.29, 0.717) is 0 Å². The third-order valence-corrected chi connectivity index (χ3v) is 28.3. The normalized spacial score (nSPS) is 14.4. The molecular formula is C126H99N3. The number of para-hydroxylation sites is 3. The maximum atomic E-state index is 2.46. The highest BCUT2D eigenvalue weighted by molar-refractivity contribution is 6.01. The first-order valence-electron chi connectivity index (χ1n) is 45.4. The molecule has 3 nitrogen and oxygen atoms in total. The molecule has 0 N–H and O–H groups in total. The van der Waals surface area contributed by atoms with Crippen LogP contribution < -0.4 is 14.7 Å². The smallest absolute Gasteiger partial charge is 0.0540 e. The molecule has 1 unspecified atom stereocenters. The average Bonchev–Trinajstić information content (AvgIpc) is 1.51. The van der Waals surface area contributed by atoms with E-state index in [0.717, 1.165) is 45.5 Å². The SMILES string of the molecule is CC1(C)c2ccccc2-c2ccc(N(c3ccc(-c4ccc(N(c5ccccc5)c5ccc(-c6ccccc6)cc5)c5c4-c4ccccc4C5(C)C)cc3)c3ccccc3-c3ccccc3)cc21.Cc1ccc(C2(C)c3cc(-c4ccccc4)ccc3-c3c(-c4ccc(N(c5ccc6c(c5)C(C)(C)c5ccccc5-6)c5ccccc5-c5ccccc5)cc4)cccc32)cc1. The van der Waals surface area contributed by atoms with Gasteiger partial charge in [-0.25, -0.2) is 0 Å². The van der Waals surface area contributed by atoms with Crippen LogP contribution in [0.5, 0.6) is 0 Å². The summed E-state index contributed by atoms with van der Waals surface area (Å²) < 4.78 is 0. The lowest BCUT2D eigenvalue weighted by Gasteiger charge is -2.33. The van der Waals surface area contributed by atoms with Crippen LogP contribution in [-0.4, -0.2) is 0 Å². The van der Waals surface area contributed by atoms with Gasteiger partial charge in [0.15, 0.2) is 0 Å². The lowest BCUT2D eigenvalue weighted by atomic mass is 9.73. The zero-order valence-corrected chi connectivity index (χ0v) is 74.1. The molecule has 0 saturated heterocycles. The molecule has 1 atom stereocenters. The van der Waals surface area contributed by atoms with E-state index in [4.69, 9.17) is 0 Å². The van der Waals surface area contributed by atoms with Crippen molar-refractivity contribution in [3.8, 4) is 111 Å². The van der Waals surface area contributed by atoms with E-state index in [1.54, 1.807) is 0 Å². The lowest BCUT2D eigenvalue weighted by molar-refractivity contribution is 0.660. The Morgan fingerprint density at radius 2 is 0.481 bits per heavy atom. The van der Waals surface area contributed by atoms with E-state index in [2.05, 4.69) is 525 Å². The standard InChI is InChI=1S/C66H52N2.C60H47N/c1-65(2)58-29-17-14-27-55(58)56-41-40-52(44-60(56)65)68(61-31-19-16-26-53(61)47-22-10-6-11-23-47)51-38-34-48(35-39-51)54-42-43-62(64-63(54)57-28-15-18-30-59(57)66(64,3)4)67(49-24-12-7-13-25-49)50-36-32-46(33-37-50)45-20-8-5-9-21-45;1-40-26-31-45(32-27-40)60(4)54-24-15-22-49(58(54)52-36-30-44(38-56(52)60)41-16-7-5-8-17-41)43-28-33-46(34-29-43)61(57-25-14-12-20-48(57)42-18-9-6-10-19-42)47-35-37-51-50-21-11-13-23-53(50)59(2,3)55(51)39-47/h5-44H,1-4H3;5-39H,1-4H3. The Balaban J connectivity index is 0.000000153. The van der Waals surface area contributed by atoms with Gasteiger partial charge in [-0.1, -0.05) is 405 Å². The van der Waals surface area contributed by atoms with Gasteiger partial charge in [0.1, 0.15) is 0 Å². The molecule has 0 bridgehead atoms. The fraction of sp³-hybridized carbons (Fsp3) is 0.0952. The minimum atomic E-state index is -0.321. The van der Waals surface area contributed by atoms with Gasteiger partial charge in [-0.15, -0.1) is 0 Å². The van der Waals surface area contributed by atoms with E-state index in [1.165, 1.54) is 173 Å². The first-order valence-corrected chi connectivity index (χ1v) is 45.4. The van der Waals surface area contributed by atoms with Gasteiger partial charge in [0.2, 0.25) is 0 Å². The van der Waals surface area contributed by atoms with Crippen molar-refractivity contribution in [2.45, 2.75) is 77.0 Å². The second-order valence-electron chi connectivity index (χ2n) is 36.8. The number of hydrogen-bond donors (Lipinski definition) is 0. The summed E-state index contributed by atoms with van der Waals surface area (Å²) in [6.45, 7) is 18.8. The predicted molar refractivity (Wildman–Crippen MR) is 544 cm³/mol. The number of fused-ring (bicyclic) bond motifs is 12. The molecule has 0 saturated carbocycles. The molecular weight excluding hydrogens is 1560 g/mol. The van der Waals surface area contributed by atoms with Crippen molar-refractivity contribution in [2.24, 2.45) is 0 Å². The Kier molecular flexibility index (Phi) is 19.7. The minimum Gasteiger partial charge on any atom is -0.310 e. The molecule has 19 aromatic carbocycles. The predicted octanol–water partition coefficient (Wildman–Crippen LogP) is 34.3. The van der Waals surface area contributed by atoms with Crippen LogP contribution in [0.2, 0.25) is 0 Å². The number of benzene rings is 19. The molecule has 0 spiro atoms. The third-order valence-electron chi connectivity index (χ3n) is 28.3. The van der Waals surface area contributed by atoms with Crippen molar-refractivity contribution in [3.05, 3.63) is 511 Å². The van der Waals surface area contributed by atoms with Crippen molar-refractivity contribution >= 4 is 51.2 Å². The van der Waals surface area contributed by atoms with E-state index >= 15 is 0 Å². The first-order chi connectivity index (χ1) is 63.1. The molecule has 4 aliphatic rings. The number of rotatable bonds is 16. The van der Waals surface area contributed by atoms with E-state index < -0.39 is 0 Å². The van der Waals surface area contributed by atoms with Crippen LogP contribution in [0.15, 0.2) is 455 Å². The maximum Gasteiger partial charge on any atom is 0.0540 e. The summed E-state index contributed by atoms with van der Waals surface area (Å²) in [7, 11) is 0. The Morgan fingerprint density at radius 3 is 0.969 bits per heavy atom. The monoisotopic (exact) mass is 1650 g/mol. The lowest BCUT2D eigenvalue weighted by Crippen LogP contribution is -2.22. The van der Waals surface area contributed by atoms with Gasteiger partial charge in [0.05, 0.1) is 17.1 Å². The molecule has 129 heavy (non-hydrogen) atoms. The summed E-state index contributed by atoms with van der Waals surface area (Å²) in [6, 6.07) is 168. The largest absolute Gasteiger partial charge is 0.310 e. The minimum absolute atomic E-state index is 0.116. The van der Waals surface area contributed by atoms with Crippen LogP contribution in [0.3, 0.4) is 0 Å². The number of nitrogens with zero attached hydrogens (tertiary/aromatic N) is 3. The van der Waals surface area contributed by atoms with Crippen LogP contribution in [0.25, 0.3) is 111 Å². The zero-order valence-electron chi connectivity index (χ0n) is 74.1. The molecule has 19 aromatic rings. The van der Waals surface area contributed by atoms with E-state index in [9.17, 15) is 0 Å². The van der Waals surface area contributed by atoms with Gasteiger partial charge >= 0.3 is 0 Å². The first kappa shape index (κ1) is 79.5. The second kappa shape index (κ2) is 31.9. The maximum absolute atomic E-state index is 2.46. The van der Waals surface area contributed by atoms with Gasteiger partial charge in [0, 0.05) is 66.9 Å². The van der Waals surface area contributed by atoms with Gasteiger partial charge in [-0.2, -0.15) is 0 Å². The van der Waals surface area contributed by atoms with Crippen LogP contribution in [-0.2, 0) is 21.7 Å². The summed E-state index contributed by atoms with van der Waals surface area (Å²) in [5.74, 6) is 0. The molecule has 0 radical (unpaired) electrons. The molecule has 4 aliphatic carbocycles. The van der Waals surface area contributed by atoms with Crippen molar-refractivity contribution in [1.82, 2.24) is 0 Å². The van der Waals surface area contributed by atoms with Crippen LogP contribution in [0.4, 0.5) is 51.2 Å². The third kappa shape index (κ3) is 13.5. The summed E-state index contributed by atoms with van der Waals surface area (Å²) in [5, 5.41) is 0. The second-order valence-corrected chi connectivity index (χ2v) is 36.8. The van der Waals surface area contributed by atoms with E-state index in [-0.39, 0.29) is 21.7 Å². The highest BCUT2D eigenvalue weighted by Gasteiger charge is 2.45. The molecule has 618 valence electrons. The van der Waals surface area contributed by atoms with Gasteiger partial charge in [-0.05, 0) is 261 Å². The Labute approximate surface area is 759 Å². The summed E-state index contributed by atoms with van der Waals surface area (Å²) in [5.41, 5.74) is 47.8. The summed E-state index contributed by atoms with van der Waals surface area (Å²) in [4.78, 5) is 7.36. The van der Waals surface area contributed by atoms with Crippen molar-refractivity contribution in [3.63, 3.8) is 0 Å². The summed E-state index contributed by atoms with van der Waals surface area (Å²) in [6.07, 6.45) is 0. The average molecular weight is 1660 g/mol. The number of anilines is 9. The Bertz CT molecular complexity index is 7480. The van der Waals surface area contributed by atoms with E-state index in [1.807, 2.05) is 0 Å². The van der Waals surface area contributed by atoms with Crippen LogP contribution in [0, 0.1) is 6.92 Å². The quantitative estimate of drug-likeness (QED) is 0.0955. The van der Waals surface area contributed by atoms with Gasteiger partial charge in [0.25, 0.3) is 0 Å². The highest BCUT2D eigenvalue weighted by atomic mass is 15.2. The van der Waals surface area contributed by atoms with Crippen LogP contribution in [0.1, 0.15) is 104 Å². The Hall–Kier alpha value is -15.4.